The van der Waals surface area contributed by atoms with Crippen LogP contribution in [-0.4, -0.2) is 97.1 Å². The Morgan fingerprint density at radius 3 is 2.42 bits per heavy atom. The minimum atomic E-state index is -0.977. The van der Waals surface area contributed by atoms with Crippen LogP contribution in [0.5, 0.6) is 5.75 Å². The van der Waals surface area contributed by atoms with Crippen LogP contribution < -0.4 is 19.9 Å². The van der Waals surface area contributed by atoms with E-state index in [1.54, 1.807) is 19.1 Å². The Labute approximate surface area is 233 Å². The highest BCUT2D eigenvalue weighted by molar-refractivity contribution is 5.72. The van der Waals surface area contributed by atoms with Gasteiger partial charge in [-0.1, -0.05) is 12.1 Å². The molecule has 11 nitrogen and oxygen atoms in total. The number of ether oxygens (including phenoxy) is 2. The number of benzene rings is 2. The molecule has 1 aliphatic rings. The number of likely N-dealkylation sites (N-methyl/N-ethyl adjacent to an activating group) is 2. The fourth-order valence-electron chi connectivity index (χ4n) is 4.15. The third-order valence-corrected chi connectivity index (χ3v) is 6.52. The molecule has 3 aromatic rings. The zero-order chi connectivity index (χ0) is 28.5. The smallest absolute Gasteiger partial charge is 0.333 e. The van der Waals surface area contributed by atoms with Crippen molar-refractivity contribution in [1.82, 2.24) is 19.9 Å². The number of carboxylic acids is 1. The van der Waals surface area contributed by atoms with E-state index >= 15 is 0 Å². The second-order valence-electron chi connectivity index (χ2n) is 9.58. The Morgan fingerprint density at radius 1 is 1.07 bits per heavy atom. The van der Waals surface area contributed by atoms with Gasteiger partial charge in [0, 0.05) is 51.9 Å². The normalized spacial score (nSPS) is 14.6. The van der Waals surface area contributed by atoms with Crippen molar-refractivity contribution in [2.75, 3.05) is 75.1 Å². The summed E-state index contributed by atoms with van der Waals surface area (Å²) in [5, 5.41) is 12.5. The third-order valence-electron chi connectivity index (χ3n) is 6.52. The molecule has 2 aromatic carbocycles. The quantitative estimate of drug-likeness (QED) is 0.325. The molecule has 0 aliphatic carbocycles. The van der Waals surface area contributed by atoms with Crippen molar-refractivity contribution in [1.29, 1.82) is 0 Å². The first-order valence-electron chi connectivity index (χ1n) is 13.3. The number of nitrogens with one attached hydrogen (secondary N) is 1. The second-order valence-corrected chi connectivity index (χ2v) is 9.58. The molecule has 0 spiro atoms. The van der Waals surface area contributed by atoms with Gasteiger partial charge in [-0.05, 0) is 55.9 Å². The van der Waals surface area contributed by atoms with E-state index in [2.05, 4.69) is 32.1 Å². The maximum Gasteiger partial charge on any atom is 0.333 e. The van der Waals surface area contributed by atoms with Crippen molar-refractivity contribution >= 4 is 29.5 Å². The molecule has 214 valence electrons. The predicted molar refractivity (Wildman–Crippen MR) is 151 cm³/mol. The second kappa shape index (κ2) is 13.9. The van der Waals surface area contributed by atoms with E-state index in [4.69, 9.17) is 14.5 Å². The van der Waals surface area contributed by atoms with E-state index < -0.39 is 12.1 Å². The average molecular weight is 554 g/mol. The van der Waals surface area contributed by atoms with Gasteiger partial charge in [0.15, 0.2) is 6.10 Å². The molecule has 1 fully saturated rings. The van der Waals surface area contributed by atoms with Gasteiger partial charge < -0.3 is 34.6 Å². The van der Waals surface area contributed by atoms with Crippen molar-refractivity contribution in [3.8, 4) is 5.75 Å². The number of halogens is 1. The van der Waals surface area contributed by atoms with E-state index in [0.717, 1.165) is 31.7 Å². The Balaban J connectivity index is 1.40. The number of piperazine rings is 1. The van der Waals surface area contributed by atoms with Crippen LogP contribution in [0.4, 0.5) is 27.9 Å². The zero-order valence-electron chi connectivity index (χ0n) is 23.1. The number of aliphatic carboxylic acids is 1. The molecule has 12 heteroatoms. The van der Waals surface area contributed by atoms with Gasteiger partial charge in [0.05, 0.1) is 6.54 Å². The Morgan fingerprint density at radius 2 is 1.77 bits per heavy atom. The Bertz CT molecular complexity index is 1240. The number of nitrogens with zero attached hydrogens (tertiary/aromatic N) is 6. The van der Waals surface area contributed by atoms with Crippen LogP contribution in [0.2, 0.25) is 0 Å². The van der Waals surface area contributed by atoms with Crippen LogP contribution in [0.1, 0.15) is 12.5 Å². The molecule has 2 N–H and O–H groups in total. The van der Waals surface area contributed by atoms with Gasteiger partial charge >= 0.3 is 5.97 Å². The Hall–Kier alpha value is -4.03. The molecule has 0 amide bonds. The lowest BCUT2D eigenvalue weighted by Gasteiger charge is -2.32. The first kappa shape index (κ1) is 29.0. The van der Waals surface area contributed by atoms with Crippen LogP contribution >= 0.6 is 0 Å². The van der Waals surface area contributed by atoms with Gasteiger partial charge in [0.2, 0.25) is 17.8 Å². The first-order chi connectivity index (χ1) is 19.3. The summed E-state index contributed by atoms with van der Waals surface area (Å²) >= 11 is 0. The largest absolute Gasteiger partial charge is 0.492 e. The molecule has 0 radical (unpaired) electrons. The molecule has 2 heterocycles. The minimum absolute atomic E-state index is 0.287. The highest BCUT2D eigenvalue weighted by Crippen LogP contribution is 2.21. The van der Waals surface area contributed by atoms with Gasteiger partial charge in [-0.25, -0.2) is 9.18 Å². The predicted octanol–water partition coefficient (Wildman–Crippen LogP) is 3.05. The van der Waals surface area contributed by atoms with Crippen LogP contribution in [0.15, 0.2) is 48.5 Å². The number of rotatable bonds is 13. The van der Waals surface area contributed by atoms with Gasteiger partial charge in [-0.3, -0.25) is 0 Å². The highest BCUT2D eigenvalue weighted by Gasteiger charge is 2.20. The highest BCUT2D eigenvalue weighted by atomic mass is 19.1. The molecule has 1 aliphatic heterocycles. The number of carboxylic acid groups (broad SMARTS) is 1. The molecule has 1 saturated heterocycles. The van der Waals surface area contributed by atoms with Crippen molar-refractivity contribution < 1.29 is 23.8 Å². The van der Waals surface area contributed by atoms with Gasteiger partial charge in [-0.2, -0.15) is 15.0 Å². The summed E-state index contributed by atoms with van der Waals surface area (Å²) in [5.74, 6) is 0.828. The van der Waals surface area contributed by atoms with Crippen LogP contribution in [-0.2, 0) is 16.0 Å². The van der Waals surface area contributed by atoms with E-state index in [9.17, 15) is 14.3 Å². The lowest BCUT2D eigenvalue weighted by atomic mass is 10.1. The van der Waals surface area contributed by atoms with E-state index in [-0.39, 0.29) is 12.2 Å². The number of hydrogen-bond acceptors (Lipinski definition) is 10. The number of hydrogen-bond donors (Lipinski definition) is 2. The number of carbonyl (C=O) groups is 1. The lowest BCUT2D eigenvalue weighted by Crippen LogP contribution is -2.45. The summed E-state index contributed by atoms with van der Waals surface area (Å²) in [6.45, 7) is 6.43. The van der Waals surface area contributed by atoms with Gasteiger partial charge in [-0.15, -0.1) is 0 Å². The monoisotopic (exact) mass is 553 g/mol. The fourth-order valence-corrected chi connectivity index (χ4v) is 4.15. The van der Waals surface area contributed by atoms with Crippen LogP contribution in [0.25, 0.3) is 0 Å². The molecule has 0 saturated carbocycles. The SMILES string of the molecule is CCOC(Cc1ccc(OCCN(C)c2nc(Nc3ccc(F)cc3)nc(N3CCN(C)CC3)n2)cc1)C(=O)O. The topological polar surface area (TPSA) is 116 Å². The third kappa shape index (κ3) is 8.23. The molecule has 4 rings (SSSR count). The first-order valence-corrected chi connectivity index (χ1v) is 13.3. The summed E-state index contributed by atoms with van der Waals surface area (Å²) in [6.07, 6.45) is -0.584. The number of aromatic nitrogens is 3. The maximum absolute atomic E-state index is 13.4. The van der Waals surface area contributed by atoms with Crippen LogP contribution in [0.3, 0.4) is 0 Å². The molecule has 1 unspecified atom stereocenters. The summed E-state index contributed by atoms with van der Waals surface area (Å²) in [6, 6.07) is 13.4. The van der Waals surface area contributed by atoms with Crippen molar-refractivity contribution in [3.63, 3.8) is 0 Å². The molecule has 40 heavy (non-hydrogen) atoms. The van der Waals surface area contributed by atoms with Crippen molar-refractivity contribution in [3.05, 3.63) is 59.9 Å². The Kier molecular flexibility index (Phi) is 10.0. The average Bonchev–Trinajstić information content (AvgIpc) is 2.95. The minimum Gasteiger partial charge on any atom is -0.492 e. The van der Waals surface area contributed by atoms with Crippen molar-refractivity contribution in [2.45, 2.75) is 19.4 Å². The maximum atomic E-state index is 13.4. The molecule has 1 aromatic heterocycles. The molecular weight excluding hydrogens is 517 g/mol. The van der Waals surface area contributed by atoms with E-state index in [1.807, 2.05) is 36.2 Å². The zero-order valence-corrected chi connectivity index (χ0v) is 23.1. The molecule has 0 bridgehead atoms. The van der Waals surface area contributed by atoms with Crippen LogP contribution in [0, 0.1) is 5.82 Å². The van der Waals surface area contributed by atoms with E-state index in [1.165, 1.54) is 12.1 Å². The molecule has 1 atom stereocenters. The van der Waals surface area contributed by atoms with Gasteiger partial charge in [0.25, 0.3) is 0 Å². The van der Waals surface area contributed by atoms with E-state index in [0.29, 0.717) is 49.0 Å². The summed E-state index contributed by atoms with van der Waals surface area (Å²) in [4.78, 5) is 31.6. The molecular formula is C28H36FN7O4. The summed E-state index contributed by atoms with van der Waals surface area (Å²) in [7, 11) is 3.98. The van der Waals surface area contributed by atoms with Gasteiger partial charge in [0.1, 0.15) is 18.2 Å². The summed E-state index contributed by atoms with van der Waals surface area (Å²) < 4.78 is 24.6. The summed E-state index contributed by atoms with van der Waals surface area (Å²) in [5.41, 5.74) is 1.53. The standard InChI is InChI=1S/C28H36FN7O4/c1-4-39-24(25(37)38)19-20-5-11-23(12-6-20)40-18-17-35(3)27-31-26(30-22-9-7-21(29)8-10-22)32-28(33-27)36-15-13-34(2)14-16-36/h5-12,24H,4,13-19H2,1-3H3,(H,37,38)(H,30,31,32,33). The van der Waals surface area contributed by atoms with Crippen molar-refractivity contribution in [2.24, 2.45) is 0 Å². The number of anilines is 4. The fraction of sp³-hybridized carbons (Fsp3) is 0.429. The lowest BCUT2D eigenvalue weighted by molar-refractivity contribution is -0.149.